The fourth-order valence-corrected chi connectivity index (χ4v) is 13.8. The average molecular weight is 838 g/mol. The quantitative estimate of drug-likeness (QED) is 0.0443. The van der Waals surface area contributed by atoms with Crippen LogP contribution in [0, 0.1) is 23.1 Å². The number of aromatic amines is 1. The predicted octanol–water partition coefficient (Wildman–Crippen LogP) is 9.06. The van der Waals surface area contributed by atoms with Crippen molar-refractivity contribution in [2.24, 2.45) is 0 Å². The number of amides is 1. The smallest absolute Gasteiger partial charge is 0.410 e. The van der Waals surface area contributed by atoms with Crippen LogP contribution in [0.4, 0.5) is 13.6 Å². The van der Waals surface area contributed by atoms with Crippen LogP contribution in [0.2, 0.25) is 16.6 Å². The Bertz CT molecular complexity index is 2230. The molecule has 1 amide bonds. The van der Waals surface area contributed by atoms with E-state index in [0.29, 0.717) is 48.3 Å². The van der Waals surface area contributed by atoms with Gasteiger partial charge in [-0.15, -0.1) is 5.54 Å². The molecule has 0 bridgehead atoms. The summed E-state index contributed by atoms with van der Waals surface area (Å²) in [7, 11) is -0.850. The number of benzene rings is 2. The second-order valence-corrected chi connectivity index (χ2v) is 23.3. The van der Waals surface area contributed by atoms with Gasteiger partial charge in [-0.1, -0.05) is 72.2 Å². The number of methoxy groups -OCH3 is 1. The number of rotatable bonds is 13. The van der Waals surface area contributed by atoms with Crippen molar-refractivity contribution in [3.8, 4) is 34.4 Å². The van der Waals surface area contributed by atoms with Crippen molar-refractivity contribution in [3.63, 3.8) is 0 Å². The second-order valence-electron chi connectivity index (χ2n) is 16.5. The molecule has 1 aliphatic heterocycles. The molecular weight excluding hydrogens is 781 g/mol. The Labute approximate surface area is 345 Å². The molecule has 0 unspecified atom stereocenters. The number of aromatic nitrogens is 3. The van der Waals surface area contributed by atoms with E-state index in [4.69, 9.17) is 23.9 Å². The molecule has 15 heteroatoms. The van der Waals surface area contributed by atoms with Crippen molar-refractivity contribution in [1.29, 1.82) is 0 Å². The molecule has 0 saturated carbocycles. The SMILES string of the molecule is CCSc1nc2c(F)c(-c3cc(OCOC)cc4ccc(F)c(C#C[Si](C(C)C)(C(C)C)C(C)C)c34)nc(OCC[C@H]3CN(C(=O)OC(C)(C)C)CCN3)c2c(=O)[nH]1. The maximum atomic E-state index is 17.2. The molecule has 4 aromatic rings. The van der Waals surface area contributed by atoms with Crippen LogP contribution < -0.4 is 20.3 Å². The minimum atomic E-state index is -2.34. The molecule has 2 N–H and O–H groups in total. The maximum absolute atomic E-state index is 17.2. The first-order chi connectivity index (χ1) is 27.4. The summed E-state index contributed by atoms with van der Waals surface area (Å²) in [6.45, 7) is 21.8. The number of H-pyrrole nitrogens is 1. The third kappa shape index (κ3) is 9.79. The van der Waals surface area contributed by atoms with Crippen LogP contribution in [0.5, 0.6) is 11.6 Å². The van der Waals surface area contributed by atoms with E-state index in [1.807, 2.05) is 27.7 Å². The van der Waals surface area contributed by atoms with Gasteiger partial charge in [-0.05, 0) is 73.2 Å². The van der Waals surface area contributed by atoms with E-state index in [2.05, 4.69) is 68.3 Å². The number of fused-ring (bicyclic) bond motifs is 2. The van der Waals surface area contributed by atoms with Crippen molar-refractivity contribution in [2.75, 3.05) is 45.9 Å². The van der Waals surface area contributed by atoms with Gasteiger partial charge in [-0.3, -0.25) is 4.79 Å². The van der Waals surface area contributed by atoms with Crippen molar-refractivity contribution in [2.45, 2.75) is 109 Å². The van der Waals surface area contributed by atoms with Gasteiger partial charge in [0.25, 0.3) is 5.56 Å². The van der Waals surface area contributed by atoms with Gasteiger partial charge in [0.15, 0.2) is 17.8 Å². The lowest BCUT2D eigenvalue weighted by Gasteiger charge is -2.38. The number of nitrogens with zero attached hydrogens (tertiary/aromatic N) is 3. The molecular formula is C43H57F2N5O6SSi. The molecule has 0 radical (unpaired) electrons. The molecule has 5 rings (SSSR count). The van der Waals surface area contributed by atoms with E-state index in [1.54, 1.807) is 23.1 Å². The third-order valence-corrected chi connectivity index (χ3v) is 17.6. The normalized spacial score (nSPS) is 15.0. The molecule has 3 heterocycles. The first-order valence-electron chi connectivity index (χ1n) is 19.9. The molecule has 314 valence electrons. The molecule has 1 saturated heterocycles. The highest BCUT2D eigenvalue weighted by atomic mass is 32.2. The first-order valence-corrected chi connectivity index (χ1v) is 23.1. The molecule has 0 aliphatic carbocycles. The van der Waals surface area contributed by atoms with Gasteiger partial charge in [0.1, 0.15) is 41.8 Å². The zero-order valence-corrected chi connectivity index (χ0v) is 37.3. The second kappa shape index (κ2) is 18.8. The number of carbonyl (C=O) groups excluding carboxylic acids is 1. The zero-order chi connectivity index (χ0) is 42.5. The molecule has 1 aliphatic rings. The van der Waals surface area contributed by atoms with Crippen molar-refractivity contribution in [1.82, 2.24) is 25.2 Å². The summed E-state index contributed by atoms with van der Waals surface area (Å²) in [5, 5.41) is 4.37. The van der Waals surface area contributed by atoms with Gasteiger partial charge in [-0.25, -0.2) is 23.5 Å². The van der Waals surface area contributed by atoms with Crippen LogP contribution in [0.3, 0.4) is 0 Å². The lowest BCUT2D eigenvalue weighted by molar-refractivity contribution is 0.0187. The highest BCUT2D eigenvalue weighted by Gasteiger charge is 2.42. The van der Waals surface area contributed by atoms with E-state index < -0.39 is 37.0 Å². The Balaban J connectivity index is 1.69. The summed E-state index contributed by atoms with van der Waals surface area (Å²) in [6, 6.07) is 6.11. The van der Waals surface area contributed by atoms with Crippen LogP contribution in [0.15, 0.2) is 34.2 Å². The number of nitrogens with one attached hydrogen (secondary N) is 2. The Morgan fingerprint density at radius 1 is 1.05 bits per heavy atom. The number of ether oxygens (including phenoxy) is 4. The maximum Gasteiger partial charge on any atom is 0.410 e. The number of pyridine rings is 1. The molecule has 1 atom stereocenters. The van der Waals surface area contributed by atoms with E-state index in [1.165, 1.54) is 24.9 Å². The molecule has 0 spiro atoms. The first kappa shape index (κ1) is 44.9. The molecule has 2 aromatic heterocycles. The largest absolute Gasteiger partial charge is 0.477 e. The number of halogens is 2. The molecule has 2 aromatic carbocycles. The number of hydrogen-bond donors (Lipinski definition) is 2. The summed E-state index contributed by atoms with van der Waals surface area (Å²) in [4.78, 5) is 40.1. The minimum Gasteiger partial charge on any atom is -0.477 e. The van der Waals surface area contributed by atoms with Gasteiger partial charge < -0.3 is 34.1 Å². The van der Waals surface area contributed by atoms with E-state index in [-0.39, 0.29) is 74.8 Å². The van der Waals surface area contributed by atoms with Crippen molar-refractivity contribution < 1.29 is 32.5 Å². The topological polar surface area (TPSA) is 128 Å². The number of carbonyl (C=O) groups is 1. The number of piperazine rings is 1. The number of thioether (sulfide) groups is 1. The zero-order valence-electron chi connectivity index (χ0n) is 35.5. The molecule has 58 heavy (non-hydrogen) atoms. The van der Waals surface area contributed by atoms with Gasteiger partial charge in [0.05, 0.1) is 12.2 Å². The van der Waals surface area contributed by atoms with Crippen LogP contribution in [0.25, 0.3) is 32.9 Å². The Morgan fingerprint density at radius 2 is 1.76 bits per heavy atom. The van der Waals surface area contributed by atoms with E-state index in [0.717, 1.165) is 0 Å². The van der Waals surface area contributed by atoms with Crippen molar-refractivity contribution >= 4 is 47.6 Å². The van der Waals surface area contributed by atoms with Crippen LogP contribution >= 0.6 is 11.8 Å². The number of hydrogen-bond acceptors (Lipinski definition) is 10. The highest BCUT2D eigenvalue weighted by molar-refractivity contribution is 7.99. The fourth-order valence-electron chi connectivity index (χ4n) is 7.96. The van der Waals surface area contributed by atoms with Gasteiger partial charge in [-0.2, -0.15) is 0 Å². The predicted molar refractivity (Wildman–Crippen MR) is 230 cm³/mol. The monoisotopic (exact) mass is 837 g/mol. The van der Waals surface area contributed by atoms with Crippen LogP contribution in [-0.2, 0) is 9.47 Å². The third-order valence-electron chi connectivity index (χ3n) is 10.5. The summed E-state index contributed by atoms with van der Waals surface area (Å²) in [5.41, 5.74) is 3.11. The van der Waals surface area contributed by atoms with Gasteiger partial charge in [0, 0.05) is 43.7 Å². The summed E-state index contributed by atoms with van der Waals surface area (Å²) in [6.07, 6.45) is 0.0234. The van der Waals surface area contributed by atoms with Crippen LogP contribution in [-0.4, -0.2) is 91.6 Å². The summed E-state index contributed by atoms with van der Waals surface area (Å²) < 4.78 is 56.4. The van der Waals surface area contributed by atoms with Crippen LogP contribution in [0.1, 0.15) is 81.2 Å². The summed E-state index contributed by atoms with van der Waals surface area (Å²) in [5.74, 6) is 2.61. The van der Waals surface area contributed by atoms with Crippen molar-refractivity contribution in [3.05, 3.63) is 51.8 Å². The van der Waals surface area contributed by atoms with E-state index in [9.17, 15) is 9.59 Å². The standard InChI is InChI=1S/C43H57F2N5O6SSi/c1-12-57-41-48-38-35(39(51)49-41)40(54-19-15-29-23-50(18-17-46-29)42(52)56-43(8,9)10)47-37(36(38)45)32-22-30(55-24-53-11)21-28-13-14-33(44)31(34(28)32)16-20-58(25(2)3,26(4)5)27(6)7/h13-14,21-22,25-27,29,46H,12,15,17-19,23-24H2,1-11H3,(H,48,49,51)/t29-/m0/s1. The highest BCUT2D eigenvalue weighted by Crippen LogP contribution is 2.42. The Kier molecular flexibility index (Phi) is 14.5. The van der Waals surface area contributed by atoms with E-state index >= 15 is 8.78 Å². The Morgan fingerprint density at radius 3 is 2.40 bits per heavy atom. The molecule has 1 fully saturated rings. The lowest BCUT2D eigenvalue weighted by atomic mass is 9.95. The fraction of sp³-hybridized carbons (Fsp3) is 0.535. The average Bonchev–Trinajstić information content (AvgIpc) is 3.14. The summed E-state index contributed by atoms with van der Waals surface area (Å²) >= 11 is 1.25. The van der Waals surface area contributed by atoms with Gasteiger partial charge in [0.2, 0.25) is 5.88 Å². The lowest BCUT2D eigenvalue weighted by Crippen LogP contribution is -2.53. The van der Waals surface area contributed by atoms with Gasteiger partial charge >= 0.3 is 6.09 Å². The Hall–Kier alpha value is -4.23. The minimum absolute atomic E-state index is 0.0628. The molecule has 11 nitrogen and oxygen atoms in total.